The summed E-state index contributed by atoms with van der Waals surface area (Å²) >= 11 is 1.73. The van der Waals surface area contributed by atoms with Gasteiger partial charge in [0, 0.05) is 0 Å². The lowest BCUT2D eigenvalue weighted by Crippen LogP contribution is -1.69. The van der Waals surface area contributed by atoms with E-state index in [1.807, 2.05) is 6.26 Å². The van der Waals surface area contributed by atoms with Gasteiger partial charge in [0.2, 0.25) is 0 Å². The van der Waals surface area contributed by atoms with Crippen LogP contribution >= 0.6 is 11.8 Å². The van der Waals surface area contributed by atoms with Crippen molar-refractivity contribution >= 4 is 11.8 Å². The summed E-state index contributed by atoms with van der Waals surface area (Å²) in [5, 5.41) is 0. The van der Waals surface area contributed by atoms with Gasteiger partial charge in [0.1, 0.15) is 5.76 Å². The summed E-state index contributed by atoms with van der Waals surface area (Å²) in [4.78, 5) is 3.76. The van der Waals surface area contributed by atoms with Gasteiger partial charge in [0.15, 0.2) is 6.39 Å². The van der Waals surface area contributed by atoms with Crippen molar-refractivity contribution in [2.45, 2.75) is 5.75 Å². The molecule has 0 saturated heterocycles. The van der Waals surface area contributed by atoms with E-state index in [4.69, 9.17) is 4.42 Å². The van der Waals surface area contributed by atoms with Gasteiger partial charge in [-0.2, -0.15) is 11.8 Å². The van der Waals surface area contributed by atoms with Gasteiger partial charge < -0.3 is 4.42 Å². The molecule has 44 valence electrons. The molecular formula is C5H7NOS. The molecule has 0 aliphatic rings. The van der Waals surface area contributed by atoms with Crippen LogP contribution in [0.5, 0.6) is 0 Å². The maximum atomic E-state index is 4.94. The van der Waals surface area contributed by atoms with Crippen LogP contribution in [0.3, 0.4) is 0 Å². The molecular weight excluding hydrogens is 122 g/mol. The molecule has 0 fully saturated rings. The topological polar surface area (TPSA) is 26.0 Å². The fraction of sp³-hybridized carbons (Fsp3) is 0.400. The highest BCUT2D eigenvalue weighted by Crippen LogP contribution is 2.05. The van der Waals surface area contributed by atoms with Crippen molar-refractivity contribution in [1.29, 1.82) is 0 Å². The molecule has 0 saturated carbocycles. The molecule has 1 heterocycles. The zero-order valence-corrected chi connectivity index (χ0v) is 5.44. The normalized spacial score (nSPS) is 9.62. The van der Waals surface area contributed by atoms with Crippen molar-refractivity contribution in [2.75, 3.05) is 6.26 Å². The van der Waals surface area contributed by atoms with E-state index in [2.05, 4.69) is 4.98 Å². The fourth-order valence-electron chi connectivity index (χ4n) is 0.456. The lowest BCUT2D eigenvalue weighted by Gasteiger charge is -1.84. The number of hydrogen-bond acceptors (Lipinski definition) is 3. The Hall–Kier alpha value is -0.440. The third kappa shape index (κ3) is 1.26. The standard InChI is InChI=1S/C5H7NOS/c1-8-3-5-2-6-4-7-5/h2,4H,3H2,1H3. The minimum atomic E-state index is 0.917. The SMILES string of the molecule is CSCc1cnco1. The van der Waals surface area contributed by atoms with Gasteiger partial charge >= 0.3 is 0 Å². The van der Waals surface area contributed by atoms with Crippen molar-refractivity contribution in [3.05, 3.63) is 18.4 Å². The average Bonchev–Trinajstić information content (AvgIpc) is 2.19. The molecule has 0 radical (unpaired) electrons. The Kier molecular flexibility index (Phi) is 1.97. The maximum absolute atomic E-state index is 4.94. The van der Waals surface area contributed by atoms with Crippen LogP contribution in [0.1, 0.15) is 5.76 Å². The van der Waals surface area contributed by atoms with E-state index in [1.54, 1.807) is 18.0 Å². The van der Waals surface area contributed by atoms with Gasteiger partial charge in [-0.05, 0) is 6.26 Å². The van der Waals surface area contributed by atoms with Crippen LogP contribution in [0.2, 0.25) is 0 Å². The highest BCUT2D eigenvalue weighted by Gasteiger charge is 1.90. The van der Waals surface area contributed by atoms with Crippen LogP contribution in [0.4, 0.5) is 0 Å². The van der Waals surface area contributed by atoms with Crippen LogP contribution in [0.15, 0.2) is 17.0 Å². The molecule has 2 nitrogen and oxygen atoms in total. The zero-order valence-electron chi connectivity index (χ0n) is 4.63. The van der Waals surface area contributed by atoms with Crippen molar-refractivity contribution in [1.82, 2.24) is 4.98 Å². The second-order valence-electron chi connectivity index (χ2n) is 1.40. The third-order valence-corrected chi connectivity index (χ3v) is 1.34. The summed E-state index contributed by atoms with van der Waals surface area (Å²) in [6.07, 6.45) is 5.21. The van der Waals surface area contributed by atoms with Crippen molar-refractivity contribution < 1.29 is 4.42 Å². The molecule has 0 aliphatic heterocycles. The van der Waals surface area contributed by atoms with Gasteiger partial charge in [0.25, 0.3) is 0 Å². The monoisotopic (exact) mass is 129 g/mol. The molecule has 0 N–H and O–H groups in total. The Bertz CT molecular complexity index is 138. The molecule has 0 amide bonds. The van der Waals surface area contributed by atoms with Crippen LogP contribution in [0, 0.1) is 0 Å². The Morgan fingerprint density at radius 3 is 3.25 bits per heavy atom. The molecule has 0 spiro atoms. The van der Waals surface area contributed by atoms with E-state index in [0.29, 0.717) is 0 Å². The van der Waals surface area contributed by atoms with Gasteiger partial charge in [-0.15, -0.1) is 0 Å². The van der Waals surface area contributed by atoms with Crippen LogP contribution < -0.4 is 0 Å². The smallest absolute Gasteiger partial charge is 0.180 e. The molecule has 0 atom stereocenters. The summed E-state index contributed by atoms with van der Waals surface area (Å²) < 4.78 is 4.94. The lowest BCUT2D eigenvalue weighted by molar-refractivity contribution is 0.523. The van der Waals surface area contributed by atoms with E-state index in [9.17, 15) is 0 Å². The average molecular weight is 129 g/mol. The first-order valence-corrected chi connectivity index (χ1v) is 3.69. The third-order valence-electron chi connectivity index (χ3n) is 0.770. The molecule has 0 aliphatic carbocycles. The second-order valence-corrected chi connectivity index (χ2v) is 2.27. The highest BCUT2D eigenvalue weighted by molar-refractivity contribution is 7.97. The Labute approximate surface area is 52.3 Å². The van der Waals surface area contributed by atoms with E-state index in [1.165, 1.54) is 6.39 Å². The molecule has 1 aromatic rings. The Balaban J connectivity index is 2.50. The Morgan fingerprint density at radius 1 is 1.88 bits per heavy atom. The molecule has 1 rings (SSSR count). The second kappa shape index (κ2) is 2.77. The first kappa shape index (κ1) is 5.69. The summed E-state index contributed by atoms with van der Waals surface area (Å²) in [6, 6.07) is 0. The van der Waals surface area contributed by atoms with Gasteiger partial charge in [-0.1, -0.05) is 0 Å². The molecule has 0 bridgehead atoms. The quantitative estimate of drug-likeness (QED) is 0.605. The first-order chi connectivity index (χ1) is 3.93. The number of aromatic nitrogens is 1. The van der Waals surface area contributed by atoms with Crippen molar-refractivity contribution in [2.24, 2.45) is 0 Å². The zero-order chi connectivity index (χ0) is 5.82. The molecule has 3 heteroatoms. The molecule has 8 heavy (non-hydrogen) atoms. The van der Waals surface area contributed by atoms with Crippen molar-refractivity contribution in [3.63, 3.8) is 0 Å². The van der Waals surface area contributed by atoms with Gasteiger partial charge in [0.05, 0.1) is 11.9 Å². The summed E-state index contributed by atoms with van der Waals surface area (Å²) in [5.74, 6) is 1.86. The van der Waals surface area contributed by atoms with Gasteiger partial charge in [-0.25, -0.2) is 4.98 Å². The van der Waals surface area contributed by atoms with Crippen LogP contribution in [-0.2, 0) is 5.75 Å². The van der Waals surface area contributed by atoms with Crippen molar-refractivity contribution in [3.8, 4) is 0 Å². The summed E-state index contributed by atoms with van der Waals surface area (Å²) in [7, 11) is 0. The number of oxazole rings is 1. The number of rotatable bonds is 2. The largest absolute Gasteiger partial charge is 0.448 e. The summed E-state index contributed by atoms with van der Waals surface area (Å²) in [5.41, 5.74) is 0. The minimum Gasteiger partial charge on any atom is -0.448 e. The fourth-order valence-corrected chi connectivity index (χ4v) is 0.883. The van der Waals surface area contributed by atoms with Crippen LogP contribution in [-0.4, -0.2) is 11.2 Å². The number of thioether (sulfide) groups is 1. The molecule has 0 aromatic carbocycles. The summed E-state index contributed by atoms with van der Waals surface area (Å²) in [6.45, 7) is 0. The molecule has 0 unspecified atom stereocenters. The van der Waals surface area contributed by atoms with E-state index < -0.39 is 0 Å². The maximum Gasteiger partial charge on any atom is 0.180 e. The highest BCUT2D eigenvalue weighted by atomic mass is 32.2. The number of hydrogen-bond donors (Lipinski definition) is 0. The van der Waals surface area contributed by atoms with Gasteiger partial charge in [-0.3, -0.25) is 0 Å². The first-order valence-electron chi connectivity index (χ1n) is 2.30. The minimum absolute atomic E-state index is 0.917. The predicted octanol–water partition coefficient (Wildman–Crippen LogP) is 1.54. The molecule has 1 aromatic heterocycles. The number of nitrogens with zero attached hydrogens (tertiary/aromatic N) is 1. The van der Waals surface area contributed by atoms with E-state index >= 15 is 0 Å². The predicted molar refractivity (Wildman–Crippen MR) is 33.7 cm³/mol. The Morgan fingerprint density at radius 2 is 2.75 bits per heavy atom. The van der Waals surface area contributed by atoms with Crippen LogP contribution in [0.25, 0.3) is 0 Å². The van der Waals surface area contributed by atoms with E-state index in [-0.39, 0.29) is 0 Å². The van der Waals surface area contributed by atoms with E-state index in [0.717, 1.165) is 11.5 Å². The lowest BCUT2D eigenvalue weighted by atomic mass is 10.6.